The highest BCUT2D eigenvalue weighted by Crippen LogP contribution is 2.31. The van der Waals surface area contributed by atoms with Crippen LogP contribution in [0.1, 0.15) is 23.9 Å². The van der Waals surface area contributed by atoms with Crippen LogP contribution in [0.25, 0.3) is 16.8 Å². The van der Waals surface area contributed by atoms with Crippen LogP contribution < -0.4 is 15.5 Å². The van der Waals surface area contributed by atoms with Crippen molar-refractivity contribution < 1.29 is 26.7 Å². The molecule has 0 spiro atoms. The summed E-state index contributed by atoms with van der Waals surface area (Å²) in [6.07, 6.45) is -1.29. The number of halogens is 4. The molecular weight excluding hydrogens is 550 g/mol. The number of alkyl halides is 3. The van der Waals surface area contributed by atoms with Crippen molar-refractivity contribution in [3.63, 3.8) is 0 Å². The maximum Gasteiger partial charge on any atom is 0.470 e. The fourth-order valence-electron chi connectivity index (χ4n) is 4.85. The zero-order valence-corrected chi connectivity index (χ0v) is 21.3. The van der Waals surface area contributed by atoms with Gasteiger partial charge in [-0.25, -0.2) is 23.4 Å². The van der Waals surface area contributed by atoms with Crippen LogP contribution in [0.2, 0.25) is 0 Å². The van der Waals surface area contributed by atoms with Gasteiger partial charge in [0.25, 0.3) is 0 Å². The molecule has 0 aliphatic carbocycles. The van der Waals surface area contributed by atoms with Gasteiger partial charge < -0.3 is 19.0 Å². The van der Waals surface area contributed by atoms with Crippen molar-refractivity contribution in [1.82, 2.24) is 29.5 Å². The molecular formula is C25H21F4N9O3. The average molecular weight is 571 g/mol. The number of hydrogen-bond acceptors (Lipinski definition) is 10. The van der Waals surface area contributed by atoms with Gasteiger partial charge in [-0.05, 0) is 30.2 Å². The van der Waals surface area contributed by atoms with Crippen LogP contribution in [-0.2, 0) is 10.9 Å². The third-order valence-electron chi connectivity index (χ3n) is 6.98. The number of nitriles is 1. The molecule has 0 amide bonds. The number of aromatic nitrogens is 6. The molecule has 212 valence electrons. The Hall–Kier alpha value is -4.78. The Bertz CT molecular complexity index is 1680. The number of ether oxygens (including phenoxy) is 1. The molecule has 6 rings (SSSR count). The van der Waals surface area contributed by atoms with E-state index < -0.39 is 23.6 Å². The summed E-state index contributed by atoms with van der Waals surface area (Å²) in [7, 11) is 0. The molecule has 1 unspecified atom stereocenters. The van der Waals surface area contributed by atoms with E-state index in [9.17, 15) is 23.2 Å². The maximum atomic E-state index is 15.2. The van der Waals surface area contributed by atoms with Crippen LogP contribution in [0, 0.1) is 17.1 Å². The van der Waals surface area contributed by atoms with E-state index in [0.717, 1.165) is 4.57 Å². The summed E-state index contributed by atoms with van der Waals surface area (Å²) in [6, 6.07) is 7.62. The van der Waals surface area contributed by atoms with Crippen LogP contribution in [-0.4, -0.2) is 68.9 Å². The molecule has 4 aromatic rings. The van der Waals surface area contributed by atoms with E-state index in [-0.39, 0.29) is 36.4 Å². The standard InChI is InChI=1S/C25H21F4N9O3/c26-19-10-15(1-2-20(19)37-14-32-38(24(37)39)18-3-8-40-13-18)17-9-16(11-30)21(31-12-17)35-4-6-36(7-5-35)23-34-33-22(41-23)25(27,28)29/h1-2,9-10,12,14,18H,3-8,13H2. The molecule has 3 aromatic heterocycles. The first-order valence-electron chi connectivity index (χ1n) is 12.6. The lowest BCUT2D eigenvalue weighted by Crippen LogP contribution is -2.47. The fraction of sp³-hybridized carbons (Fsp3) is 0.360. The molecule has 2 aliphatic rings. The lowest BCUT2D eigenvalue weighted by atomic mass is 10.0. The molecule has 2 fully saturated rings. The Morgan fingerprint density at radius 1 is 1.05 bits per heavy atom. The smallest absolute Gasteiger partial charge is 0.399 e. The van der Waals surface area contributed by atoms with Gasteiger partial charge in [0.05, 0.1) is 23.9 Å². The third kappa shape index (κ3) is 4.99. The van der Waals surface area contributed by atoms with E-state index in [2.05, 4.69) is 26.3 Å². The number of nitrogens with zero attached hydrogens (tertiary/aromatic N) is 9. The number of pyridine rings is 1. The summed E-state index contributed by atoms with van der Waals surface area (Å²) in [4.78, 5) is 20.6. The second kappa shape index (κ2) is 10.3. The fourth-order valence-corrected chi connectivity index (χ4v) is 4.85. The molecule has 16 heteroatoms. The van der Waals surface area contributed by atoms with Gasteiger partial charge in [-0.3, -0.25) is 0 Å². The van der Waals surface area contributed by atoms with E-state index in [1.165, 1.54) is 34.2 Å². The lowest BCUT2D eigenvalue weighted by molar-refractivity contribution is -0.157. The van der Waals surface area contributed by atoms with Crippen molar-refractivity contribution >= 4 is 11.8 Å². The van der Waals surface area contributed by atoms with Crippen LogP contribution in [0.3, 0.4) is 0 Å². The van der Waals surface area contributed by atoms with Crippen LogP contribution >= 0.6 is 0 Å². The summed E-state index contributed by atoms with van der Waals surface area (Å²) in [5.41, 5.74) is 0.758. The minimum Gasteiger partial charge on any atom is -0.399 e. The van der Waals surface area contributed by atoms with E-state index in [0.29, 0.717) is 49.7 Å². The second-order valence-corrected chi connectivity index (χ2v) is 9.48. The molecule has 0 bridgehead atoms. The number of benzene rings is 1. The van der Waals surface area contributed by atoms with Gasteiger partial charge in [0.2, 0.25) is 0 Å². The molecule has 0 N–H and O–H groups in total. The van der Waals surface area contributed by atoms with E-state index in [1.54, 1.807) is 12.1 Å². The molecule has 12 nitrogen and oxygen atoms in total. The first-order valence-corrected chi connectivity index (χ1v) is 12.6. The average Bonchev–Trinajstić information content (AvgIpc) is 3.74. The summed E-state index contributed by atoms with van der Waals surface area (Å²) in [5, 5.41) is 20.5. The summed E-state index contributed by atoms with van der Waals surface area (Å²) in [5.74, 6) is -1.67. The minimum atomic E-state index is -4.73. The van der Waals surface area contributed by atoms with Crippen molar-refractivity contribution in [2.24, 2.45) is 0 Å². The Morgan fingerprint density at radius 3 is 2.49 bits per heavy atom. The Kier molecular flexibility index (Phi) is 6.66. The summed E-state index contributed by atoms with van der Waals surface area (Å²) < 4.78 is 66.0. The number of piperazine rings is 1. The molecule has 0 radical (unpaired) electrons. The largest absolute Gasteiger partial charge is 0.470 e. The van der Waals surface area contributed by atoms with Gasteiger partial charge in [0.15, 0.2) is 0 Å². The maximum absolute atomic E-state index is 15.2. The number of hydrogen-bond donors (Lipinski definition) is 0. The van der Waals surface area contributed by atoms with Gasteiger partial charge in [-0.1, -0.05) is 11.2 Å². The van der Waals surface area contributed by atoms with Gasteiger partial charge in [-0.2, -0.15) is 23.5 Å². The lowest BCUT2D eigenvalue weighted by Gasteiger charge is -2.34. The van der Waals surface area contributed by atoms with Crippen molar-refractivity contribution in [3.8, 4) is 22.9 Å². The van der Waals surface area contributed by atoms with Crippen LogP contribution in [0.15, 0.2) is 46.0 Å². The molecule has 1 aromatic carbocycles. The van der Waals surface area contributed by atoms with Crippen molar-refractivity contribution in [3.05, 3.63) is 64.5 Å². The highest BCUT2D eigenvalue weighted by atomic mass is 19.4. The minimum absolute atomic E-state index is 0.0375. The van der Waals surface area contributed by atoms with Gasteiger partial charge in [0.1, 0.15) is 24.0 Å². The zero-order valence-electron chi connectivity index (χ0n) is 21.3. The van der Waals surface area contributed by atoms with Crippen LogP contribution in [0.5, 0.6) is 0 Å². The topological polar surface area (TPSA) is 131 Å². The van der Waals surface area contributed by atoms with Gasteiger partial charge in [-0.15, -0.1) is 5.10 Å². The van der Waals surface area contributed by atoms with E-state index in [1.807, 2.05) is 4.90 Å². The third-order valence-corrected chi connectivity index (χ3v) is 6.98. The number of anilines is 2. The first-order chi connectivity index (χ1) is 19.7. The Balaban J connectivity index is 1.18. The monoisotopic (exact) mass is 571 g/mol. The molecule has 41 heavy (non-hydrogen) atoms. The predicted molar refractivity (Wildman–Crippen MR) is 134 cm³/mol. The summed E-state index contributed by atoms with van der Waals surface area (Å²) in [6.45, 7) is 2.12. The highest BCUT2D eigenvalue weighted by molar-refractivity contribution is 5.69. The highest BCUT2D eigenvalue weighted by Gasteiger charge is 2.39. The molecule has 2 saturated heterocycles. The molecule has 2 aliphatic heterocycles. The second-order valence-electron chi connectivity index (χ2n) is 9.48. The van der Waals surface area contributed by atoms with E-state index >= 15 is 4.39 Å². The normalized spacial score (nSPS) is 17.7. The quantitative estimate of drug-likeness (QED) is 0.330. The molecule has 1 atom stereocenters. The molecule has 5 heterocycles. The summed E-state index contributed by atoms with van der Waals surface area (Å²) >= 11 is 0. The van der Waals surface area contributed by atoms with Crippen molar-refractivity contribution in [1.29, 1.82) is 5.26 Å². The Labute approximate surface area is 229 Å². The van der Waals surface area contributed by atoms with Gasteiger partial charge in [0, 0.05) is 44.5 Å². The van der Waals surface area contributed by atoms with Crippen molar-refractivity contribution in [2.75, 3.05) is 49.2 Å². The van der Waals surface area contributed by atoms with E-state index in [4.69, 9.17) is 9.15 Å². The number of rotatable bonds is 5. The predicted octanol–water partition coefficient (Wildman–Crippen LogP) is 2.80. The Morgan fingerprint density at radius 2 is 1.83 bits per heavy atom. The molecule has 0 saturated carbocycles. The van der Waals surface area contributed by atoms with Crippen LogP contribution in [0.4, 0.5) is 29.4 Å². The zero-order chi connectivity index (χ0) is 28.7. The van der Waals surface area contributed by atoms with Gasteiger partial charge >= 0.3 is 23.8 Å². The SMILES string of the molecule is N#Cc1cc(-c2ccc(-n3cnn(C4CCOC4)c3=O)c(F)c2)cnc1N1CCN(c2nnc(C(F)(F)F)o2)CC1. The van der Waals surface area contributed by atoms with Crippen molar-refractivity contribution in [2.45, 2.75) is 18.6 Å². The first kappa shape index (κ1) is 26.4.